The van der Waals surface area contributed by atoms with Gasteiger partial charge in [-0.3, -0.25) is 9.48 Å². The number of aliphatic carboxylic acids is 1. The molecule has 1 unspecified atom stereocenters. The zero-order valence-corrected chi connectivity index (χ0v) is 14.1. The first-order chi connectivity index (χ1) is 10.6. The quantitative estimate of drug-likeness (QED) is 0.807. The summed E-state index contributed by atoms with van der Waals surface area (Å²) in [7, 11) is -2.28. The van der Waals surface area contributed by atoms with E-state index in [1.54, 1.807) is 31.8 Å². The molecule has 2 N–H and O–H groups in total. The van der Waals surface area contributed by atoms with Crippen molar-refractivity contribution < 1.29 is 22.7 Å². The number of hydrogen-bond acceptors (Lipinski definition) is 5. The van der Waals surface area contributed by atoms with Crippen molar-refractivity contribution in [1.82, 2.24) is 14.5 Å². The number of hydrogen-bond donors (Lipinski definition) is 2. The third-order valence-corrected chi connectivity index (χ3v) is 5.00. The van der Waals surface area contributed by atoms with Crippen LogP contribution in [0.3, 0.4) is 0 Å². The Labute approximate surface area is 134 Å². The average molecular weight is 341 g/mol. The fourth-order valence-electron chi connectivity index (χ4n) is 2.37. The molecule has 23 heavy (non-hydrogen) atoms. The highest BCUT2D eigenvalue weighted by atomic mass is 32.2. The molecule has 0 aliphatic heterocycles. The van der Waals surface area contributed by atoms with Crippen molar-refractivity contribution in [3.63, 3.8) is 0 Å². The maximum Gasteiger partial charge on any atom is 0.322 e. The molecule has 0 aliphatic carbocycles. The van der Waals surface area contributed by atoms with Gasteiger partial charge >= 0.3 is 5.97 Å². The summed E-state index contributed by atoms with van der Waals surface area (Å²) in [6.45, 7) is 4.88. The number of rotatable bonds is 6. The maximum absolute atomic E-state index is 12.4. The van der Waals surface area contributed by atoms with Crippen LogP contribution in [0.1, 0.15) is 22.8 Å². The highest BCUT2D eigenvalue weighted by molar-refractivity contribution is 7.89. The van der Waals surface area contributed by atoms with E-state index in [-0.39, 0.29) is 17.1 Å². The second-order valence-electron chi connectivity index (χ2n) is 5.41. The molecule has 0 aliphatic rings. The first-order valence-corrected chi connectivity index (χ1v) is 8.39. The van der Waals surface area contributed by atoms with Gasteiger partial charge in [-0.15, -0.1) is 0 Å². The van der Waals surface area contributed by atoms with Crippen molar-refractivity contribution in [1.29, 1.82) is 0 Å². The van der Waals surface area contributed by atoms with Gasteiger partial charge in [0.15, 0.2) is 0 Å². The summed E-state index contributed by atoms with van der Waals surface area (Å²) in [6, 6.07) is 0.0730. The van der Waals surface area contributed by atoms with Crippen LogP contribution in [0.5, 0.6) is 0 Å². The van der Waals surface area contributed by atoms with E-state index in [2.05, 4.69) is 9.82 Å². The van der Waals surface area contributed by atoms with Gasteiger partial charge in [-0.1, -0.05) is 0 Å². The lowest BCUT2D eigenvalue weighted by Crippen LogP contribution is -2.42. The average Bonchev–Trinajstić information content (AvgIpc) is 2.91. The summed E-state index contributed by atoms with van der Waals surface area (Å²) >= 11 is 0. The van der Waals surface area contributed by atoms with E-state index in [9.17, 15) is 18.3 Å². The van der Waals surface area contributed by atoms with Crippen LogP contribution in [0.25, 0.3) is 0 Å². The highest BCUT2D eigenvalue weighted by Gasteiger charge is 2.29. The van der Waals surface area contributed by atoms with Crippen molar-refractivity contribution in [2.24, 2.45) is 7.05 Å². The van der Waals surface area contributed by atoms with Crippen molar-refractivity contribution in [2.45, 2.75) is 38.1 Å². The van der Waals surface area contributed by atoms with Crippen LogP contribution in [0.2, 0.25) is 0 Å². The lowest BCUT2D eigenvalue weighted by Gasteiger charge is -2.14. The Morgan fingerprint density at radius 2 is 2.09 bits per heavy atom. The van der Waals surface area contributed by atoms with Crippen LogP contribution in [0.4, 0.5) is 0 Å². The number of nitrogens with zero attached hydrogens (tertiary/aromatic N) is 2. The van der Waals surface area contributed by atoms with Gasteiger partial charge in [-0.25, -0.2) is 8.42 Å². The molecule has 0 amide bonds. The highest BCUT2D eigenvalue weighted by Crippen LogP contribution is 2.20. The zero-order chi connectivity index (χ0) is 17.4. The predicted octanol–water partition coefficient (Wildman–Crippen LogP) is 0.913. The minimum Gasteiger partial charge on any atom is -0.480 e. The predicted molar refractivity (Wildman–Crippen MR) is 81.6 cm³/mol. The Morgan fingerprint density at radius 3 is 2.52 bits per heavy atom. The van der Waals surface area contributed by atoms with Crippen LogP contribution in [-0.2, 0) is 28.3 Å². The van der Waals surface area contributed by atoms with Crippen molar-refractivity contribution >= 4 is 16.0 Å². The fraction of sp³-hybridized carbons (Fsp3) is 0.429. The summed E-state index contributed by atoms with van der Waals surface area (Å²) in [5, 5.41) is 13.5. The molecule has 2 heterocycles. The summed E-state index contributed by atoms with van der Waals surface area (Å²) < 4.78 is 33.8. The van der Waals surface area contributed by atoms with E-state index >= 15 is 0 Å². The smallest absolute Gasteiger partial charge is 0.322 e. The second kappa shape index (κ2) is 6.17. The van der Waals surface area contributed by atoms with Crippen LogP contribution in [0, 0.1) is 20.8 Å². The largest absolute Gasteiger partial charge is 0.480 e. The first-order valence-electron chi connectivity index (χ1n) is 6.91. The molecule has 126 valence electrons. The van der Waals surface area contributed by atoms with Gasteiger partial charge < -0.3 is 9.52 Å². The molecular formula is C14H19N3O5S. The van der Waals surface area contributed by atoms with Gasteiger partial charge in [0.25, 0.3) is 0 Å². The van der Waals surface area contributed by atoms with Crippen molar-refractivity contribution in [3.8, 4) is 0 Å². The zero-order valence-electron chi connectivity index (χ0n) is 13.3. The van der Waals surface area contributed by atoms with E-state index in [0.717, 1.165) is 0 Å². The summed E-state index contributed by atoms with van der Waals surface area (Å²) in [4.78, 5) is 11.4. The number of aryl methyl sites for hydroxylation is 4. The Hall–Kier alpha value is -2.13. The van der Waals surface area contributed by atoms with E-state index in [1.807, 2.05) is 0 Å². The fourth-order valence-corrected chi connectivity index (χ4v) is 3.80. The maximum atomic E-state index is 12.4. The topological polar surface area (TPSA) is 114 Å². The molecule has 2 aromatic heterocycles. The summed E-state index contributed by atoms with van der Waals surface area (Å²) in [6.07, 6.45) is 1.68. The summed E-state index contributed by atoms with van der Waals surface area (Å²) in [5.74, 6) is -0.593. The molecule has 1 atom stereocenters. The lowest BCUT2D eigenvalue weighted by molar-refractivity contribution is -0.138. The lowest BCUT2D eigenvalue weighted by atomic mass is 10.1. The van der Waals surface area contributed by atoms with Gasteiger partial charge in [0, 0.05) is 19.7 Å². The van der Waals surface area contributed by atoms with Crippen molar-refractivity contribution in [2.75, 3.05) is 0 Å². The molecule has 8 nitrogen and oxygen atoms in total. The standard InChI is InChI=1S/C14H19N3O5S/c1-8-5-13(10(3)22-8)23(20,21)16-12(14(18)19)6-11-7-17(4)15-9(11)2/h5,7,12,16H,6H2,1-4H3,(H,18,19). The minimum absolute atomic E-state index is 0.00409. The molecule has 0 saturated heterocycles. The van der Waals surface area contributed by atoms with Crippen LogP contribution in [0.15, 0.2) is 21.6 Å². The normalized spacial score (nSPS) is 13.2. The third-order valence-electron chi connectivity index (χ3n) is 3.42. The van der Waals surface area contributed by atoms with Gasteiger partial charge in [-0.05, 0) is 32.4 Å². The number of sulfonamides is 1. The number of nitrogens with one attached hydrogen (secondary N) is 1. The number of aromatic nitrogens is 2. The third kappa shape index (κ3) is 3.80. The molecule has 0 saturated carbocycles. The number of furan rings is 1. The molecule has 0 aromatic carbocycles. The SMILES string of the molecule is Cc1cc(S(=O)(=O)NC(Cc2cn(C)nc2C)C(=O)O)c(C)o1. The van der Waals surface area contributed by atoms with E-state index in [1.165, 1.54) is 13.0 Å². The van der Waals surface area contributed by atoms with Gasteiger partial charge in [0.1, 0.15) is 22.5 Å². The molecule has 0 bridgehead atoms. The van der Waals surface area contributed by atoms with Gasteiger partial charge in [0.05, 0.1) is 5.69 Å². The van der Waals surface area contributed by atoms with E-state index in [0.29, 0.717) is 17.0 Å². The molecule has 2 rings (SSSR count). The van der Waals surface area contributed by atoms with Crippen LogP contribution >= 0.6 is 0 Å². The van der Waals surface area contributed by atoms with Crippen molar-refractivity contribution in [3.05, 3.63) is 35.0 Å². The molecule has 9 heteroatoms. The Kier molecular flexibility index (Phi) is 4.62. The van der Waals surface area contributed by atoms with Gasteiger partial charge in [0.2, 0.25) is 10.0 Å². The van der Waals surface area contributed by atoms with E-state index < -0.39 is 22.0 Å². The van der Waals surface area contributed by atoms with Crippen LogP contribution < -0.4 is 4.72 Å². The van der Waals surface area contributed by atoms with E-state index in [4.69, 9.17) is 4.42 Å². The Morgan fingerprint density at radius 1 is 1.43 bits per heavy atom. The number of carboxylic acids is 1. The van der Waals surface area contributed by atoms with Crippen LogP contribution in [-0.4, -0.2) is 35.3 Å². The molecule has 0 fully saturated rings. The second-order valence-corrected chi connectivity index (χ2v) is 7.09. The molecular weight excluding hydrogens is 322 g/mol. The Bertz CT molecular complexity index is 835. The minimum atomic E-state index is -3.99. The summed E-state index contributed by atoms with van der Waals surface area (Å²) in [5.41, 5.74) is 1.33. The van der Waals surface area contributed by atoms with Gasteiger partial charge in [-0.2, -0.15) is 9.82 Å². The molecule has 0 spiro atoms. The number of carboxylic acid groups (broad SMARTS) is 1. The monoisotopic (exact) mass is 341 g/mol. The Balaban J connectivity index is 2.27. The molecule has 0 radical (unpaired) electrons. The molecule has 2 aromatic rings. The number of carbonyl (C=O) groups is 1. The first kappa shape index (κ1) is 17.2.